The maximum absolute atomic E-state index is 8.62. The van der Waals surface area contributed by atoms with Crippen molar-refractivity contribution in [1.82, 2.24) is 20.2 Å². The molecule has 0 saturated carbocycles. The van der Waals surface area contributed by atoms with Crippen molar-refractivity contribution < 1.29 is 4.74 Å². The van der Waals surface area contributed by atoms with Gasteiger partial charge in [-0.25, -0.2) is 4.68 Å². The zero-order valence-electron chi connectivity index (χ0n) is 12.1. The monoisotopic (exact) mass is 303 g/mol. The number of methoxy groups -OCH3 is 1. The fraction of sp³-hybridized carbons (Fsp3) is 0.429. The number of hydrogen-bond acceptors (Lipinski definition) is 6. The zero-order chi connectivity index (χ0) is 15.1. The van der Waals surface area contributed by atoms with Crippen LogP contribution in [-0.4, -0.2) is 32.6 Å². The molecule has 1 aromatic carbocycles. The number of benzene rings is 1. The molecule has 0 fully saturated rings. The number of aromatic nitrogens is 4. The van der Waals surface area contributed by atoms with Crippen molar-refractivity contribution in [3.63, 3.8) is 0 Å². The molecule has 0 radical (unpaired) electrons. The number of nitriles is 1. The van der Waals surface area contributed by atoms with E-state index in [0.29, 0.717) is 18.2 Å². The minimum absolute atomic E-state index is 0.310. The predicted molar refractivity (Wildman–Crippen MR) is 80.1 cm³/mol. The van der Waals surface area contributed by atoms with Gasteiger partial charge >= 0.3 is 0 Å². The first-order valence-corrected chi connectivity index (χ1v) is 7.53. The van der Waals surface area contributed by atoms with E-state index >= 15 is 0 Å². The molecule has 6 nitrogen and oxygen atoms in total. The van der Waals surface area contributed by atoms with Gasteiger partial charge in [-0.2, -0.15) is 5.26 Å². The summed E-state index contributed by atoms with van der Waals surface area (Å²) in [4.78, 5) is 0. The van der Waals surface area contributed by atoms with Gasteiger partial charge in [-0.3, -0.25) is 0 Å². The van der Waals surface area contributed by atoms with Crippen molar-refractivity contribution in [3.8, 4) is 11.8 Å². The van der Waals surface area contributed by atoms with Crippen LogP contribution in [0.25, 0.3) is 0 Å². The Hall–Kier alpha value is -2.07. The highest BCUT2D eigenvalue weighted by Gasteiger charge is 2.12. The predicted octanol–water partition coefficient (Wildman–Crippen LogP) is 2.51. The number of ether oxygens (including phenoxy) is 1. The van der Waals surface area contributed by atoms with Crippen molar-refractivity contribution in [3.05, 3.63) is 29.8 Å². The second kappa shape index (κ2) is 7.64. The van der Waals surface area contributed by atoms with E-state index < -0.39 is 0 Å². The standard InChI is InChI=1S/C14H17N5OS/c1-11(4-3-9-15)21-14-16-17-18-19(14)10-12-5-7-13(20-2)8-6-12/h5-8,11H,3-4,10H2,1-2H3/t11-/m1/s1. The maximum atomic E-state index is 8.62. The van der Waals surface area contributed by atoms with Gasteiger partial charge in [0, 0.05) is 11.7 Å². The van der Waals surface area contributed by atoms with E-state index in [4.69, 9.17) is 10.00 Å². The highest BCUT2D eigenvalue weighted by molar-refractivity contribution is 7.99. The largest absolute Gasteiger partial charge is 0.497 e. The average Bonchev–Trinajstić information content (AvgIpc) is 2.93. The van der Waals surface area contributed by atoms with Gasteiger partial charge in [-0.15, -0.1) is 5.10 Å². The van der Waals surface area contributed by atoms with Gasteiger partial charge < -0.3 is 4.74 Å². The summed E-state index contributed by atoms with van der Waals surface area (Å²) in [5.74, 6) is 0.829. The molecule has 0 N–H and O–H groups in total. The lowest BCUT2D eigenvalue weighted by molar-refractivity contribution is 0.414. The smallest absolute Gasteiger partial charge is 0.209 e. The summed E-state index contributed by atoms with van der Waals surface area (Å²) >= 11 is 1.59. The van der Waals surface area contributed by atoms with Crippen LogP contribution in [0.2, 0.25) is 0 Å². The molecule has 110 valence electrons. The average molecular weight is 303 g/mol. The molecule has 21 heavy (non-hydrogen) atoms. The molecule has 2 rings (SSSR count). The lowest BCUT2D eigenvalue weighted by Gasteiger charge is -2.09. The summed E-state index contributed by atoms with van der Waals surface area (Å²) in [6.07, 6.45) is 1.38. The fourth-order valence-corrected chi connectivity index (χ4v) is 2.69. The number of thioether (sulfide) groups is 1. The summed E-state index contributed by atoms with van der Waals surface area (Å²) in [5.41, 5.74) is 1.11. The van der Waals surface area contributed by atoms with Crippen LogP contribution in [-0.2, 0) is 6.54 Å². The van der Waals surface area contributed by atoms with Gasteiger partial charge in [0.1, 0.15) is 5.75 Å². The van der Waals surface area contributed by atoms with Crippen LogP contribution < -0.4 is 4.74 Å². The van der Waals surface area contributed by atoms with Crippen LogP contribution in [0.3, 0.4) is 0 Å². The Kier molecular flexibility index (Phi) is 5.58. The van der Waals surface area contributed by atoms with E-state index in [1.807, 2.05) is 24.3 Å². The molecule has 1 heterocycles. The van der Waals surface area contributed by atoms with Crippen molar-refractivity contribution in [2.45, 2.75) is 36.7 Å². The number of nitrogens with zero attached hydrogens (tertiary/aromatic N) is 5. The molecule has 0 unspecified atom stereocenters. The first-order valence-electron chi connectivity index (χ1n) is 6.65. The number of rotatable bonds is 7. The Morgan fingerprint density at radius 2 is 2.14 bits per heavy atom. The van der Waals surface area contributed by atoms with E-state index in [2.05, 4.69) is 28.5 Å². The minimum Gasteiger partial charge on any atom is -0.497 e. The Balaban J connectivity index is 2.00. The van der Waals surface area contributed by atoms with Crippen molar-refractivity contribution in [2.75, 3.05) is 7.11 Å². The van der Waals surface area contributed by atoms with Crippen LogP contribution in [0.4, 0.5) is 0 Å². The summed E-state index contributed by atoms with van der Waals surface area (Å²) in [6.45, 7) is 2.69. The van der Waals surface area contributed by atoms with Crippen molar-refractivity contribution in [2.24, 2.45) is 0 Å². The SMILES string of the molecule is COc1ccc(Cn2nnnc2S[C@H](C)CCC#N)cc1. The van der Waals surface area contributed by atoms with Crippen molar-refractivity contribution >= 4 is 11.8 Å². The molecule has 1 aromatic heterocycles. The Morgan fingerprint density at radius 1 is 1.38 bits per heavy atom. The maximum Gasteiger partial charge on any atom is 0.209 e. The molecular formula is C14H17N5OS. The minimum atomic E-state index is 0.310. The summed E-state index contributed by atoms with van der Waals surface area (Å²) in [5, 5.41) is 21.5. The number of tetrazole rings is 1. The molecule has 0 saturated heterocycles. The fourth-order valence-electron chi connectivity index (χ4n) is 1.79. The molecule has 0 aliphatic carbocycles. The van der Waals surface area contributed by atoms with Crippen molar-refractivity contribution in [1.29, 1.82) is 5.26 Å². The molecule has 0 spiro atoms. The van der Waals surface area contributed by atoms with E-state index in [1.165, 1.54) is 0 Å². The molecule has 2 aromatic rings. The topological polar surface area (TPSA) is 76.6 Å². The summed E-state index contributed by atoms with van der Waals surface area (Å²) in [7, 11) is 1.65. The quantitative estimate of drug-likeness (QED) is 0.731. The van der Waals surface area contributed by atoms with Crippen LogP contribution in [0.1, 0.15) is 25.3 Å². The second-order valence-corrected chi connectivity index (χ2v) is 6.00. The van der Waals surface area contributed by atoms with Gasteiger partial charge in [-0.1, -0.05) is 30.8 Å². The summed E-state index contributed by atoms with van der Waals surface area (Å²) < 4.78 is 6.91. The molecule has 0 bridgehead atoms. The van der Waals surface area contributed by atoms with Gasteiger partial charge in [0.05, 0.1) is 19.7 Å². The van der Waals surface area contributed by atoms with E-state index in [9.17, 15) is 0 Å². The van der Waals surface area contributed by atoms with Gasteiger partial charge in [0.2, 0.25) is 5.16 Å². The molecular weight excluding hydrogens is 286 g/mol. The normalized spacial score (nSPS) is 11.9. The van der Waals surface area contributed by atoms with E-state index in [0.717, 1.165) is 22.9 Å². The Labute approximate surface area is 128 Å². The second-order valence-electron chi connectivity index (χ2n) is 4.59. The Bertz CT molecular complexity index is 605. The highest BCUT2D eigenvalue weighted by atomic mass is 32.2. The zero-order valence-corrected chi connectivity index (χ0v) is 12.9. The lowest BCUT2D eigenvalue weighted by Crippen LogP contribution is -2.06. The lowest BCUT2D eigenvalue weighted by atomic mass is 10.2. The van der Waals surface area contributed by atoms with Gasteiger partial charge in [0.25, 0.3) is 0 Å². The van der Waals surface area contributed by atoms with Crippen LogP contribution in [0.15, 0.2) is 29.4 Å². The molecule has 0 aliphatic heterocycles. The van der Waals surface area contributed by atoms with Gasteiger partial charge in [-0.05, 0) is 34.5 Å². The van der Waals surface area contributed by atoms with Crippen LogP contribution in [0.5, 0.6) is 5.75 Å². The van der Waals surface area contributed by atoms with E-state index in [-0.39, 0.29) is 0 Å². The third kappa shape index (κ3) is 4.46. The molecule has 1 atom stereocenters. The molecule has 0 amide bonds. The number of hydrogen-bond donors (Lipinski definition) is 0. The Morgan fingerprint density at radius 3 is 2.81 bits per heavy atom. The van der Waals surface area contributed by atoms with Crippen LogP contribution in [0, 0.1) is 11.3 Å². The molecule has 0 aliphatic rings. The van der Waals surface area contributed by atoms with E-state index in [1.54, 1.807) is 23.6 Å². The first kappa shape index (κ1) is 15.3. The van der Waals surface area contributed by atoms with Crippen LogP contribution >= 0.6 is 11.8 Å². The summed E-state index contributed by atoms with van der Waals surface area (Å²) in [6, 6.07) is 9.99. The van der Waals surface area contributed by atoms with Gasteiger partial charge in [0.15, 0.2) is 0 Å². The molecule has 7 heteroatoms. The highest BCUT2D eigenvalue weighted by Crippen LogP contribution is 2.24. The first-order chi connectivity index (χ1) is 10.2. The third-order valence-corrected chi connectivity index (χ3v) is 4.10. The third-order valence-electron chi connectivity index (χ3n) is 2.96.